The summed E-state index contributed by atoms with van der Waals surface area (Å²) in [5, 5.41) is -0.170. The highest BCUT2D eigenvalue weighted by atomic mass is 32.1. The van der Waals surface area contributed by atoms with Crippen LogP contribution < -0.4 is 0 Å². The van der Waals surface area contributed by atoms with Gasteiger partial charge in [-0.1, -0.05) is 0 Å². The molecule has 4 nitrogen and oxygen atoms in total. The number of hydrogen-bond acceptors (Lipinski definition) is 4. The van der Waals surface area contributed by atoms with Crippen LogP contribution in [0.15, 0.2) is 0 Å². The fourth-order valence-corrected chi connectivity index (χ4v) is 3.50. The van der Waals surface area contributed by atoms with E-state index in [0.717, 1.165) is 44.9 Å². The molecule has 0 spiro atoms. The maximum atomic E-state index is 11.9. The minimum Gasteiger partial charge on any atom is -0.380 e. The fraction of sp³-hybridized carbons (Fsp3) is 0.933. The van der Waals surface area contributed by atoms with Crippen LogP contribution in [0.1, 0.15) is 32.6 Å². The molecule has 2 atom stereocenters. The molecule has 116 valence electrons. The Balaban J connectivity index is 1.73. The summed E-state index contributed by atoms with van der Waals surface area (Å²) in [5.41, 5.74) is 0. The first-order valence-corrected chi connectivity index (χ1v) is 8.33. The third kappa shape index (κ3) is 4.37. The lowest BCUT2D eigenvalue weighted by Crippen LogP contribution is -2.46. The normalized spacial score (nSPS) is 27.6. The van der Waals surface area contributed by atoms with E-state index in [1.165, 1.54) is 19.4 Å². The van der Waals surface area contributed by atoms with Crippen molar-refractivity contribution in [3.8, 4) is 0 Å². The van der Waals surface area contributed by atoms with Gasteiger partial charge in [-0.25, -0.2) is 0 Å². The van der Waals surface area contributed by atoms with Crippen molar-refractivity contribution in [2.75, 3.05) is 39.8 Å². The molecule has 5 heteroatoms. The van der Waals surface area contributed by atoms with E-state index in [0.29, 0.717) is 6.10 Å². The quantitative estimate of drug-likeness (QED) is 0.802. The van der Waals surface area contributed by atoms with Crippen molar-refractivity contribution >= 4 is 18.5 Å². The van der Waals surface area contributed by atoms with Gasteiger partial charge in [-0.2, -0.15) is 12.6 Å². The molecule has 2 fully saturated rings. The molecule has 0 aromatic rings. The van der Waals surface area contributed by atoms with Crippen molar-refractivity contribution in [3.05, 3.63) is 0 Å². The van der Waals surface area contributed by atoms with Gasteiger partial charge < -0.3 is 14.5 Å². The summed E-state index contributed by atoms with van der Waals surface area (Å²) in [7, 11) is 1.82. The van der Waals surface area contributed by atoms with Crippen LogP contribution in [-0.2, 0) is 9.53 Å². The van der Waals surface area contributed by atoms with Crippen molar-refractivity contribution in [2.45, 2.75) is 44.0 Å². The van der Waals surface area contributed by atoms with Crippen molar-refractivity contribution in [2.24, 2.45) is 5.92 Å². The zero-order valence-corrected chi connectivity index (χ0v) is 13.6. The Morgan fingerprint density at radius 3 is 2.60 bits per heavy atom. The van der Waals surface area contributed by atoms with Crippen LogP contribution in [-0.4, -0.2) is 66.9 Å². The van der Waals surface area contributed by atoms with Crippen molar-refractivity contribution in [3.63, 3.8) is 0 Å². The number of carbonyl (C=O) groups is 1. The lowest BCUT2D eigenvalue weighted by molar-refractivity contribution is -0.131. The average Bonchev–Trinajstić information content (AvgIpc) is 2.47. The second-order valence-electron chi connectivity index (χ2n) is 6.20. The van der Waals surface area contributed by atoms with Crippen molar-refractivity contribution in [1.82, 2.24) is 9.80 Å². The first kappa shape index (κ1) is 16.1. The SMILES string of the molecule is COC1CCCN(CC2CCN(C(=O)C(C)S)CC2)C1. The van der Waals surface area contributed by atoms with Gasteiger partial charge in [0.05, 0.1) is 11.4 Å². The van der Waals surface area contributed by atoms with E-state index in [1.807, 2.05) is 18.9 Å². The van der Waals surface area contributed by atoms with Crippen LogP contribution in [0.4, 0.5) is 0 Å². The zero-order valence-electron chi connectivity index (χ0n) is 12.8. The van der Waals surface area contributed by atoms with E-state index < -0.39 is 0 Å². The molecule has 0 bridgehead atoms. The number of nitrogens with zero attached hydrogens (tertiary/aromatic N) is 2. The summed E-state index contributed by atoms with van der Waals surface area (Å²) >= 11 is 4.24. The maximum Gasteiger partial charge on any atom is 0.235 e. The Hall–Kier alpha value is -0.260. The van der Waals surface area contributed by atoms with Gasteiger partial charge in [0.25, 0.3) is 0 Å². The molecular formula is C15H28N2O2S. The van der Waals surface area contributed by atoms with E-state index in [4.69, 9.17) is 4.74 Å². The lowest BCUT2D eigenvalue weighted by Gasteiger charge is -2.38. The van der Waals surface area contributed by atoms with Gasteiger partial charge in [0.1, 0.15) is 0 Å². The molecule has 0 radical (unpaired) electrons. The second-order valence-corrected chi connectivity index (χ2v) is 6.98. The third-order valence-electron chi connectivity index (χ3n) is 4.60. The third-order valence-corrected chi connectivity index (χ3v) is 4.82. The van der Waals surface area contributed by atoms with Crippen LogP contribution in [0, 0.1) is 5.92 Å². The van der Waals surface area contributed by atoms with Crippen LogP contribution >= 0.6 is 12.6 Å². The summed E-state index contributed by atoms with van der Waals surface area (Å²) < 4.78 is 5.48. The highest BCUT2D eigenvalue weighted by Crippen LogP contribution is 2.22. The summed E-state index contributed by atoms with van der Waals surface area (Å²) in [6.45, 7) is 7.09. The Kier molecular flexibility index (Phi) is 6.18. The van der Waals surface area contributed by atoms with Gasteiger partial charge in [-0.15, -0.1) is 0 Å². The Bertz CT molecular complexity index is 317. The highest BCUT2D eigenvalue weighted by Gasteiger charge is 2.27. The van der Waals surface area contributed by atoms with E-state index in [9.17, 15) is 4.79 Å². The molecule has 1 amide bonds. The van der Waals surface area contributed by atoms with E-state index in [1.54, 1.807) is 0 Å². The van der Waals surface area contributed by atoms with Gasteiger partial charge in [-0.3, -0.25) is 4.79 Å². The molecule has 2 aliphatic heterocycles. The number of hydrogen-bond donors (Lipinski definition) is 1. The lowest BCUT2D eigenvalue weighted by atomic mass is 9.95. The minimum absolute atomic E-state index is 0.170. The molecular weight excluding hydrogens is 272 g/mol. The fourth-order valence-electron chi connectivity index (χ4n) is 3.34. The van der Waals surface area contributed by atoms with Gasteiger partial charge in [0, 0.05) is 33.3 Å². The molecule has 2 rings (SSSR count). The summed E-state index contributed by atoms with van der Waals surface area (Å²) in [6, 6.07) is 0. The topological polar surface area (TPSA) is 32.8 Å². The molecule has 2 saturated heterocycles. The molecule has 2 unspecified atom stereocenters. The summed E-state index contributed by atoms with van der Waals surface area (Å²) in [6.07, 6.45) is 5.10. The molecule has 0 aliphatic carbocycles. The number of amides is 1. The van der Waals surface area contributed by atoms with Crippen LogP contribution in [0.5, 0.6) is 0 Å². The number of carbonyl (C=O) groups excluding carboxylic acids is 1. The molecule has 0 aromatic carbocycles. The predicted octanol–water partition coefficient (Wildman–Crippen LogP) is 1.65. The van der Waals surface area contributed by atoms with Gasteiger partial charge in [-0.05, 0) is 45.1 Å². The van der Waals surface area contributed by atoms with Crippen LogP contribution in [0.3, 0.4) is 0 Å². The Morgan fingerprint density at radius 1 is 1.30 bits per heavy atom. The van der Waals surface area contributed by atoms with Gasteiger partial charge >= 0.3 is 0 Å². The largest absolute Gasteiger partial charge is 0.380 e. The van der Waals surface area contributed by atoms with Crippen LogP contribution in [0.25, 0.3) is 0 Å². The van der Waals surface area contributed by atoms with E-state index >= 15 is 0 Å². The zero-order chi connectivity index (χ0) is 14.5. The van der Waals surface area contributed by atoms with E-state index in [2.05, 4.69) is 17.5 Å². The molecule has 0 N–H and O–H groups in total. The molecule has 2 heterocycles. The smallest absolute Gasteiger partial charge is 0.235 e. The minimum atomic E-state index is -0.170. The number of ether oxygens (including phenoxy) is 1. The number of thiol groups is 1. The molecule has 2 aliphatic rings. The summed E-state index contributed by atoms with van der Waals surface area (Å²) in [5.74, 6) is 0.911. The highest BCUT2D eigenvalue weighted by molar-refractivity contribution is 7.81. The number of rotatable bonds is 4. The monoisotopic (exact) mass is 300 g/mol. The molecule has 20 heavy (non-hydrogen) atoms. The summed E-state index contributed by atoms with van der Waals surface area (Å²) in [4.78, 5) is 16.4. The second kappa shape index (κ2) is 7.66. The first-order chi connectivity index (χ1) is 9.60. The predicted molar refractivity (Wildman–Crippen MR) is 84.2 cm³/mol. The Morgan fingerprint density at radius 2 is 2.00 bits per heavy atom. The molecule has 0 aromatic heterocycles. The van der Waals surface area contributed by atoms with Crippen molar-refractivity contribution < 1.29 is 9.53 Å². The maximum absolute atomic E-state index is 11.9. The number of likely N-dealkylation sites (tertiary alicyclic amines) is 2. The Labute approximate surface area is 128 Å². The van der Waals surface area contributed by atoms with Gasteiger partial charge in [0.2, 0.25) is 5.91 Å². The van der Waals surface area contributed by atoms with Crippen molar-refractivity contribution in [1.29, 1.82) is 0 Å². The average molecular weight is 300 g/mol. The van der Waals surface area contributed by atoms with Gasteiger partial charge in [0.15, 0.2) is 0 Å². The number of methoxy groups -OCH3 is 1. The van der Waals surface area contributed by atoms with Crippen LogP contribution in [0.2, 0.25) is 0 Å². The van der Waals surface area contributed by atoms with E-state index in [-0.39, 0.29) is 11.2 Å². The first-order valence-electron chi connectivity index (χ1n) is 7.82. The standard InChI is InChI=1S/C15H28N2O2S/c1-12(20)15(18)17-8-5-13(6-9-17)10-16-7-3-4-14(11-16)19-2/h12-14,20H,3-11H2,1-2H3. The molecule has 0 saturated carbocycles. The number of piperidine rings is 2.